The molecule has 5 heteroatoms. The van der Waals surface area contributed by atoms with E-state index in [1.54, 1.807) is 24.3 Å². The average molecular weight is 392 g/mol. The van der Waals surface area contributed by atoms with Gasteiger partial charge in [-0.05, 0) is 68.0 Å². The average Bonchev–Trinajstić information content (AvgIpc) is 3.58. The summed E-state index contributed by atoms with van der Waals surface area (Å²) < 4.78 is 0. The lowest BCUT2D eigenvalue weighted by atomic mass is 9.94. The van der Waals surface area contributed by atoms with Gasteiger partial charge >= 0.3 is 6.03 Å². The zero-order chi connectivity index (χ0) is 20.1. The monoisotopic (exact) mass is 391 g/mol. The molecule has 0 unspecified atom stereocenters. The van der Waals surface area contributed by atoms with Crippen molar-refractivity contribution in [3.05, 3.63) is 60.2 Å². The highest BCUT2D eigenvalue weighted by molar-refractivity contribution is 6.04. The maximum Gasteiger partial charge on any atom is 0.322 e. The van der Waals surface area contributed by atoms with Crippen LogP contribution in [0.5, 0.6) is 0 Å². The molecule has 2 aliphatic rings. The number of carbonyl (C=O) groups excluding carboxylic acids is 2. The first-order valence-electron chi connectivity index (χ1n) is 10.7. The molecule has 0 aliphatic heterocycles. The van der Waals surface area contributed by atoms with Gasteiger partial charge in [0, 0.05) is 29.5 Å². The quantitative estimate of drug-likeness (QED) is 0.681. The second kappa shape index (κ2) is 9.12. The Hall–Kier alpha value is -2.82. The first-order chi connectivity index (χ1) is 14.2. The van der Waals surface area contributed by atoms with Gasteiger partial charge in [-0.3, -0.25) is 4.79 Å². The summed E-state index contributed by atoms with van der Waals surface area (Å²) in [6, 6.07) is 16.8. The molecular formula is C24H29N3O2. The molecule has 2 aromatic carbocycles. The lowest BCUT2D eigenvalue weighted by Crippen LogP contribution is -2.45. The Balaban J connectivity index is 1.37. The largest absolute Gasteiger partial charge is 0.322 e. The van der Waals surface area contributed by atoms with Gasteiger partial charge in [0.1, 0.15) is 0 Å². The van der Waals surface area contributed by atoms with Gasteiger partial charge in [0.15, 0.2) is 0 Å². The van der Waals surface area contributed by atoms with E-state index in [1.165, 1.54) is 32.1 Å². The van der Waals surface area contributed by atoms with Gasteiger partial charge in [0.25, 0.3) is 5.91 Å². The van der Waals surface area contributed by atoms with E-state index < -0.39 is 0 Å². The molecule has 2 saturated carbocycles. The van der Waals surface area contributed by atoms with Crippen molar-refractivity contribution in [3.8, 4) is 0 Å². The minimum Gasteiger partial charge on any atom is -0.322 e. The fraction of sp³-hybridized carbons (Fsp3) is 0.417. The standard InChI is InChI=1S/C24H29N3O2/c28-23(25-20-7-3-1-4-8-20)19-13-15-21(16-14-19)26-24(29)27(17-18-11-12-18)22-9-5-2-6-10-22/h1,3-4,7-8,13-16,18,22H,2,5-6,9-12,17H2,(H,25,28)(H,26,29). The van der Waals surface area contributed by atoms with Crippen LogP contribution in [0.4, 0.5) is 16.2 Å². The van der Waals surface area contributed by atoms with Crippen molar-refractivity contribution in [2.24, 2.45) is 5.92 Å². The maximum absolute atomic E-state index is 13.0. The highest BCUT2D eigenvalue weighted by Gasteiger charge is 2.31. The normalized spacial score (nSPS) is 16.8. The summed E-state index contributed by atoms with van der Waals surface area (Å²) in [5, 5.41) is 5.92. The van der Waals surface area contributed by atoms with Crippen LogP contribution in [-0.4, -0.2) is 29.4 Å². The Bertz CT molecular complexity index is 825. The number of carbonyl (C=O) groups is 2. The third kappa shape index (κ3) is 5.37. The van der Waals surface area contributed by atoms with Gasteiger partial charge in [0.2, 0.25) is 0 Å². The van der Waals surface area contributed by atoms with Crippen molar-refractivity contribution < 1.29 is 9.59 Å². The van der Waals surface area contributed by atoms with Crippen molar-refractivity contribution in [2.75, 3.05) is 17.2 Å². The Morgan fingerprint density at radius 2 is 1.45 bits per heavy atom. The van der Waals surface area contributed by atoms with E-state index in [1.807, 2.05) is 30.3 Å². The summed E-state index contributed by atoms with van der Waals surface area (Å²) >= 11 is 0. The molecule has 0 aromatic heterocycles. The van der Waals surface area contributed by atoms with Crippen LogP contribution < -0.4 is 10.6 Å². The lowest BCUT2D eigenvalue weighted by molar-refractivity contribution is 0.102. The number of benzene rings is 2. The molecule has 4 rings (SSSR count). The molecule has 5 nitrogen and oxygen atoms in total. The van der Waals surface area contributed by atoms with Gasteiger partial charge in [0.05, 0.1) is 0 Å². The number of para-hydroxylation sites is 1. The summed E-state index contributed by atoms with van der Waals surface area (Å²) in [6.07, 6.45) is 8.40. The first-order valence-corrected chi connectivity index (χ1v) is 10.7. The van der Waals surface area contributed by atoms with Crippen molar-refractivity contribution in [3.63, 3.8) is 0 Å². The van der Waals surface area contributed by atoms with E-state index in [0.29, 0.717) is 17.5 Å². The Morgan fingerprint density at radius 1 is 0.793 bits per heavy atom. The second-order valence-corrected chi connectivity index (χ2v) is 8.22. The molecule has 3 amide bonds. The Morgan fingerprint density at radius 3 is 2.10 bits per heavy atom. The highest BCUT2D eigenvalue weighted by Crippen LogP contribution is 2.33. The number of rotatable bonds is 6. The molecule has 152 valence electrons. The summed E-state index contributed by atoms with van der Waals surface area (Å²) in [4.78, 5) is 27.4. The number of anilines is 2. The fourth-order valence-corrected chi connectivity index (χ4v) is 3.99. The zero-order valence-corrected chi connectivity index (χ0v) is 16.8. The van der Waals surface area contributed by atoms with E-state index in [0.717, 1.165) is 30.8 Å². The van der Waals surface area contributed by atoms with Crippen LogP contribution in [-0.2, 0) is 0 Å². The zero-order valence-electron chi connectivity index (χ0n) is 16.8. The number of hydrogen-bond donors (Lipinski definition) is 2. The highest BCUT2D eigenvalue weighted by atomic mass is 16.2. The van der Waals surface area contributed by atoms with Crippen LogP contribution in [0.2, 0.25) is 0 Å². The van der Waals surface area contributed by atoms with E-state index in [2.05, 4.69) is 15.5 Å². The van der Waals surface area contributed by atoms with Crippen molar-refractivity contribution >= 4 is 23.3 Å². The van der Waals surface area contributed by atoms with Crippen LogP contribution in [0.15, 0.2) is 54.6 Å². The van der Waals surface area contributed by atoms with Gasteiger partial charge in [-0.15, -0.1) is 0 Å². The first kappa shape index (κ1) is 19.5. The molecule has 0 bridgehead atoms. The van der Waals surface area contributed by atoms with Crippen molar-refractivity contribution in [2.45, 2.75) is 51.0 Å². The summed E-state index contributed by atoms with van der Waals surface area (Å²) in [5.74, 6) is 0.512. The Labute approximate surface area is 172 Å². The molecule has 29 heavy (non-hydrogen) atoms. The van der Waals surface area contributed by atoms with Crippen molar-refractivity contribution in [1.82, 2.24) is 4.90 Å². The molecule has 2 fully saturated rings. The van der Waals surface area contributed by atoms with E-state index in [-0.39, 0.29) is 11.9 Å². The number of hydrogen-bond acceptors (Lipinski definition) is 2. The summed E-state index contributed by atoms with van der Waals surface area (Å²) in [7, 11) is 0. The fourth-order valence-electron chi connectivity index (χ4n) is 3.99. The molecule has 0 atom stereocenters. The minimum absolute atomic E-state index is 0.00899. The molecule has 2 aliphatic carbocycles. The topological polar surface area (TPSA) is 61.4 Å². The SMILES string of the molecule is O=C(Nc1ccccc1)c1ccc(NC(=O)N(CC2CC2)C2CCCCC2)cc1. The third-order valence-electron chi connectivity index (χ3n) is 5.86. The van der Waals surface area contributed by atoms with E-state index in [9.17, 15) is 9.59 Å². The number of nitrogens with one attached hydrogen (secondary N) is 2. The molecular weight excluding hydrogens is 362 g/mol. The minimum atomic E-state index is -0.161. The van der Waals surface area contributed by atoms with E-state index >= 15 is 0 Å². The summed E-state index contributed by atoms with van der Waals surface area (Å²) in [5.41, 5.74) is 2.05. The number of amides is 3. The Kier molecular flexibility index (Phi) is 6.13. The summed E-state index contributed by atoms with van der Waals surface area (Å²) in [6.45, 7) is 0.869. The van der Waals surface area contributed by atoms with Crippen LogP contribution >= 0.6 is 0 Å². The van der Waals surface area contributed by atoms with Crippen LogP contribution in [0.3, 0.4) is 0 Å². The van der Waals surface area contributed by atoms with Gasteiger partial charge in [-0.25, -0.2) is 4.79 Å². The van der Waals surface area contributed by atoms with Gasteiger partial charge in [-0.1, -0.05) is 37.5 Å². The number of urea groups is 1. The van der Waals surface area contributed by atoms with Gasteiger partial charge < -0.3 is 15.5 Å². The predicted molar refractivity (Wildman–Crippen MR) is 116 cm³/mol. The molecule has 0 heterocycles. The molecule has 0 radical (unpaired) electrons. The van der Waals surface area contributed by atoms with Crippen LogP contribution in [0.1, 0.15) is 55.3 Å². The van der Waals surface area contributed by atoms with E-state index in [4.69, 9.17) is 0 Å². The molecule has 0 saturated heterocycles. The molecule has 0 spiro atoms. The van der Waals surface area contributed by atoms with Crippen LogP contribution in [0, 0.1) is 5.92 Å². The molecule has 2 N–H and O–H groups in total. The smallest absolute Gasteiger partial charge is 0.322 e. The third-order valence-corrected chi connectivity index (χ3v) is 5.86. The van der Waals surface area contributed by atoms with Crippen molar-refractivity contribution in [1.29, 1.82) is 0 Å². The molecule has 2 aromatic rings. The van der Waals surface area contributed by atoms with Gasteiger partial charge in [-0.2, -0.15) is 0 Å². The lowest BCUT2D eigenvalue weighted by Gasteiger charge is -2.34. The predicted octanol–water partition coefficient (Wildman–Crippen LogP) is 5.52. The maximum atomic E-state index is 13.0. The second-order valence-electron chi connectivity index (χ2n) is 8.22. The number of nitrogens with zero attached hydrogens (tertiary/aromatic N) is 1. The van der Waals surface area contributed by atoms with Crippen LogP contribution in [0.25, 0.3) is 0 Å².